The summed E-state index contributed by atoms with van der Waals surface area (Å²) >= 11 is 8.19. The van der Waals surface area contributed by atoms with Crippen molar-refractivity contribution in [1.29, 1.82) is 0 Å². The van der Waals surface area contributed by atoms with Gasteiger partial charge in [-0.15, -0.1) is 11.3 Å². The molecular formula is C11H10Br2N2OS. The lowest BCUT2D eigenvalue weighted by Crippen LogP contribution is -2.13. The molecule has 0 radical (unpaired) electrons. The van der Waals surface area contributed by atoms with Gasteiger partial charge in [0, 0.05) is 10.5 Å². The number of thiophene rings is 1. The van der Waals surface area contributed by atoms with Gasteiger partial charge in [0.15, 0.2) is 0 Å². The lowest BCUT2D eigenvalue weighted by atomic mass is 10.2. The molecule has 0 aliphatic rings. The molecule has 2 aromatic rings. The Morgan fingerprint density at radius 1 is 1.41 bits per heavy atom. The van der Waals surface area contributed by atoms with Crippen LogP contribution in [0.1, 0.15) is 35.3 Å². The van der Waals surface area contributed by atoms with E-state index in [4.69, 9.17) is 0 Å². The smallest absolute Gasteiger partial charge is 0.223 e. The van der Waals surface area contributed by atoms with Gasteiger partial charge in [-0.1, -0.05) is 0 Å². The molecule has 0 aromatic carbocycles. The predicted molar refractivity (Wildman–Crippen MR) is 75.8 cm³/mol. The van der Waals surface area contributed by atoms with Gasteiger partial charge in [0.1, 0.15) is 5.69 Å². The van der Waals surface area contributed by atoms with Crippen LogP contribution in [0.2, 0.25) is 0 Å². The van der Waals surface area contributed by atoms with E-state index in [0.717, 1.165) is 8.95 Å². The molecule has 0 N–H and O–H groups in total. The Kier molecular flexibility index (Phi) is 3.85. The summed E-state index contributed by atoms with van der Waals surface area (Å²) < 4.78 is 3.30. The molecule has 90 valence electrons. The molecule has 2 heterocycles. The van der Waals surface area contributed by atoms with Gasteiger partial charge in [0.2, 0.25) is 5.78 Å². The Bertz CT molecular complexity index is 560. The zero-order valence-corrected chi connectivity index (χ0v) is 13.3. The van der Waals surface area contributed by atoms with E-state index in [1.54, 1.807) is 10.9 Å². The summed E-state index contributed by atoms with van der Waals surface area (Å²) in [5.41, 5.74) is 0.600. The van der Waals surface area contributed by atoms with E-state index in [2.05, 4.69) is 37.0 Å². The number of ketones is 1. The van der Waals surface area contributed by atoms with Crippen molar-refractivity contribution in [3.8, 4) is 0 Å². The Labute approximate surface area is 120 Å². The Morgan fingerprint density at radius 2 is 2.12 bits per heavy atom. The van der Waals surface area contributed by atoms with Gasteiger partial charge in [-0.25, -0.2) is 0 Å². The third kappa shape index (κ3) is 2.39. The molecule has 0 fully saturated rings. The fraction of sp³-hybridized carbons (Fsp3) is 0.273. The number of nitrogens with zero attached hydrogens (tertiary/aromatic N) is 2. The monoisotopic (exact) mass is 376 g/mol. The van der Waals surface area contributed by atoms with E-state index in [-0.39, 0.29) is 11.8 Å². The summed E-state index contributed by atoms with van der Waals surface area (Å²) in [5, 5.41) is 6.10. The molecule has 0 unspecified atom stereocenters. The van der Waals surface area contributed by atoms with E-state index in [1.165, 1.54) is 11.3 Å². The van der Waals surface area contributed by atoms with Crippen molar-refractivity contribution in [2.45, 2.75) is 19.9 Å². The Balaban J connectivity index is 2.51. The summed E-state index contributed by atoms with van der Waals surface area (Å²) in [6.45, 7) is 4.00. The summed E-state index contributed by atoms with van der Waals surface area (Å²) in [6, 6.07) is 2.03. The average molecular weight is 378 g/mol. The number of aromatic nitrogens is 2. The summed E-state index contributed by atoms with van der Waals surface area (Å²) in [4.78, 5) is 13.1. The topological polar surface area (TPSA) is 34.9 Å². The molecule has 0 aliphatic heterocycles. The highest BCUT2D eigenvalue weighted by Crippen LogP contribution is 2.29. The van der Waals surface area contributed by atoms with Crippen LogP contribution < -0.4 is 0 Å². The molecule has 0 bridgehead atoms. The normalized spacial score (nSPS) is 11.1. The van der Waals surface area contributed by atoms with Gasteiger partial charge in [-0.05, 0) is 57.2 Å². The highest BCUT2D eigenvalue weighted by Gasteiger charge is 2.22. The molecule has 0 saturated heterocycles. The van der Waals surface area contributed by atoms with E-state index in [0.29, 0.717) is 10.6 Å². The van der Waals surface area contributed by atoms with Gasteiger partial charge in [0.25, 0.3) is 0 Å². The van der Waals surface area contributed by atoms with Crippen molar-refractivity contribution in [3.63, 3.8) is 0 Å². The minimum Gasteiger partial charge on any atom is -0.286 e. The van der Waals surface area contributed by atoms with Crippen LogP contribution in [0.5, 0.6) is 0 Å². The molecule has 2 aromatic heterocycles. The third-order valence-corrected chi connectivity index (χ3v) is 4.70. The predicted octanol–water partition coefficient (Wildman–Crippen LogP) is 4.28. The number of hydrogen-bond acceptors (Lipinski definition) is 3. The van der Waals surface area contributed by atoms with Crippen molar-refractivity contribution in [2.75, 3.05) is 0 Å². The number of carbonyl (C=O) groups excluding carboxylic acids is 1. The first-order chi connectivity index (χ1) is 8.02. The SMILES string of the molecule is CC(C)n1ncc(Br)c1C(=O)c1sccc1Br. The molecule has 0 aliphatic carbocycles. The molecule has 0 atom stereocenters. The van der Waals surface area contributed by atoms with Gasteiger partial charge < -0.3 is 0 Å². The van der Waals surface area contributed by atoms with Crippen molar-refractivity contribution in [1.82, 2.24) is 9.78 Å². The Hall–Kier alpha value is -0.460. The van der Waals surface area contributed by atoms with Crippen LogP contribution in [0.3, 0.4) is 0 Å². The summed E-state index contributed by atoms with van der Waals surface area (Å²) in [5.74, 6) is -0.00931. The number of hydrogen-bond donors (Lipinski definition) is 0. The highest BCUT2D eigenvalue weighted by atomic mass is 79.9. The van der Waals surface area contributed by atoms with Gasteiger partial charge in [-0.3, -0.25) is 9.48 Å². The van der Waals surface area contributed by atoms with Crippen LogP contribution in [-0.4, -0.2) is 15.6 Å². The largest absolute Gasteiger partial charge is 0.286 e. The average Bonchev–Trinajstić information content (AvgIpc) is 2.83. The summed E-state index contributed by atoms with van der Waals surface area (Å²) in [7, 11) is 0. The van der Waals surface area contributed by atoms with Crippen LogP contribution >= 0.6 is 43.2 Å². The second-order valence-electron chi connectivity index (χ2n) is 3.81. The minimum absolute atomic E-state index is 0.00931. The summed E-state index contributed by atoms with van der Waals surface area (Å²) in [6.07, 6.45) is 1.66. The molecule has 0 saturated carbocycles. The van der Waals surface area contributed by atoms with Crippen LogP contribution in [0.25, 0.3) is 0 Å². The number of halogens is 2. The van der Waals surface area contributed by atoms with E-state index in [9.17, 15) is 4.79 Å². The van der Waals surface area contributed by atoms with Crippen LogP contribution in [0.15, 0.2) is 26.6 Å². The molecule has 2 rings (SSSR count). The van der Waals surface area contributed by atoms with Gasteiger partial charge in [0.05, 0.1) is 15.5 Å². The van der Waals surface area contributed by atoms with Crippen molar-refractivity contribution in [2.24, 2.45) is 0 Å². The van der Waals surface area contributed by atoms with E-state index in [1.807, 2.05) is 25.3 Å². The zero-order valence-electron chi connectivity index (χ0n) is 9.28. The fourth-order valence-electron chi connectivity index (χ4n) is 1.51. The molecule has 3 nitrogen and oxygen atoms in total. The molecule has 6 heteroatoms. The first-order valence-electron chi connectivity index (χ1n) is 5.03. The molecular weight excluding hydrogens is 368 g/mol. The number of rotatable bonds is 3. The minimum atomic E-state index is -0.00931. The Morgan fingerprint density at radius 3 is 2.65 bits per heavy atom. The van der Waals surface area contributed by atoms with Crippen molar-refractivity contribution >= 4 is 49.0 Å². The second-order valence-corrected chi connectivity index (χ2v) is 6.43. The van der Waals surface area contributed by atoms with E-state index >= 15 is 0 Å². The third-order valence-electron chi connectivity index (χ3n) is 2.28. The molecule has 0 amide bonds. The fourth-order valence-corrected chi connectivity index (χ4v) is 3.45. The van der Waals surface area contributed by atoms with Crippen molar-refractivity contribution < 1.29 is 4.79 Å². The van der Waals surface area contributed by atoms with Crippen LogP contribution in [0.4, 0.5) is 0 Å². The second kappa shape index (κ2) is 5.04. The first-order valence-corrected chi connectivity index (χ1v) is 7.49. The van der Waals surface area contributed by atoms with E-state index < -0.39 is 0 Å². The molecule has 17 heavy (non-hydrogen) atoms. The maximum absolute atomic E-state index is 12.4. The lowest BCUT2D eigenvalue weighted by Gasteiger charge is -2.10. The first kappa shape index (κ1) is 13.0. The quantitative estimate of drug-likeness (QED) is 0.748. The van der Waals surface area contributed by atoms with Crippen LogP contribution in [-0.2, 0) is 0 Å². The maximum Gasteiger partial charge on any atom is 0.223 e. The standard InChI is InChI=1S/C11H10Br2N2OS/c1-6(2)15-9(8(13)5-14-15)10(16)11-7(12)3-4-17-11/h3-6H,1-2H3. The van der Waals surface area contributed by atoms with Gasteiger partial charge >= 0.3 is 0 Å². The van der Waals surface area contributed by atoms with Crippen molar-refractivity contribution in [3.05, 3.63) is 37.2 Å². The molecule has 0 spiro atoms. The van der Waals surface area contributed by atoms with Gasteiger partial charge in [-0.2, -0.15) is 5.10 Å². The zero-order chi connectivity index (χ0) is 12.6. The number of carbonyl (C=O) groups is 1. The maximum atomic E-state index is 12.4. The van der Waals surface area contributed by atoms with Crippen LogP contribution in [0, 0.1) is 0 Å². The lowest BCUT2D eigenvalue weighted by molar-refractivity contribution is 0.102. The highest BCUT2D eigenvalue weighted by molar-refractivity contribution is 9.11.